The summed E-state index contributed by atoms with van der Waals surface area (Å²) in [5, 5.41) is 0. The average Bonchev–Trinajstić information content (AvgIpc) is 2.21. The van der Waals surface area contributed by atoms with Gasteiger partial charge in [-0.05, 0) is 22.0 Å². The Labute approximate surface area is 101 Å². The third-order valence-electron chi connectivity index (χ3n) is 1.61. The van der Waals surface area contributed by atoms with Gasteiger partial charge in [-0.3, -0.25) is 9.63 Å². The minimum atomic E-state index is -0.392. The molecule has 0 spiro atoms. The largest absolute Gasteiger partial charge is 0.273 e. The molecule has 0 aliphatic carbocycles. The number of carbonyl (C=O) groups excluding carboxylic acids is 1. The van der Waals surface area contributed by atoms with Gasteiger partial charge in [-0.1, -0.05) is 6.07 Å². The second-order valence-electron chi connectivity index (χ2n) is 2.83. The summed E-state index contributed by atoms with van der Waals surface area (Å²) in [4.78, 5) is 19.8. The monoisotopic (exact) mass is 292 g/mol. The van der Waals surface area contributed by atoms with Crippen molar-refractivity contribution in [3.8, 4) is 0 Å². The topological polar surface area (TPSA) is 51.2 Å². The SMILES string of the molecule is CC(=O)NOC(CCl)c1ccc(Br)nc1. The summed E-state index contributed by atoms with van der Waals surface area (Å²) in [6, 6.07) is 3.61. The van der Waals surface area contributed by atoms with Crippen LogP contribution in [0.5, 0.6) is 0 Å². The maximum absolute atomic E-state index is 10.6. The van der Waals surface area contributed by atoms with E-state index in [1.54, 1.807) is 12.3 Å². The Morgan fingerprint density at radius 2 is 2.47 bits per heavy atom. The van der Waals surface area contributed by atoms with Gasteiger partial charge >= 0.3 is 0 Å². The summed E-state index contributed by atoms with van der Waals surface area (Å²) in [7, 11) is 0. The predicted octanol–water partition coefficient (Wildman–Crippen LogP) is 2.19. The molecule has 1 aromatic rings. The molecule has 1 atom stereocenters. The van der Waals surface area contributed by atoms with Gasteiger partial charge in [0.25, 0.3) is 0 Å². The number of nitrogens with zero attached hydrogens (tertiary/aromatic N) is 1. The number of aromatic nitrogens is 1. The van der Waals surface area contributed by atoms with E-state index in [4.69, 9.17) is 16.4 Å². The van der Waals surface area contributed by atoms with E-state index in [0.717, 1.165) is 10.2 Å². The van der Waals surface area contributed by atoms with Crippen LogP contribution in [0, 0.1) is 0 Å². The summed E-state index contributed by atoms with van der Waals surface area (Å²) in [5.41, 5.74) is 3.05. The van der Waals surface area contributed by atoms with E-state index in [0.29, 0.717) is 0 Å². The number of rotatable bonds is 4. The van der Waals surface area contributed by atoms with Crippen LogP contribution in [0.15, 0.2) is 22.9 Å². The van der Waals surface area contributed by atoms with Crippen molar-refractivity contribution in [1.82, 2.24) is 10.5 Å². The molecule has 0 aliphatic heterocycles. The molecular formula is C9H10BrClN2O2. The molecule has 1 amide bonds. The fourth-order valence-corrected chi connectivity index (χ4v) is 1.40. The lowest BCUT2D eigenvalue weighted by Crippen LogP contribution is -2.24. The van der Waals surface area contributed by atoms with Crippen molar-refractivity contribution in [2.75, 3.05) is 5.88 Å². The van der Waals surface area contributed by atoms with Crippen molar-refractivity contribution in [3.05, 3.63) is 28.5 Å². The molecule has 82 valence electrons. The number of carbonyl (C=O) groups is 1. The number of halogens is 2. The number of hydrogen-bond acceptors (Lipinski definition) is 3. The summed E-state index contributed by atoms with van der Waals surface area (Å²) in [6.45, 7) is 1.37. The molecule has 1 unspecified atom stereocenters. The first-order chi connectivity index (χ1) is 7.13. The fraction of sp³-hybridized carbons (Fsp3) is 0.333. The zero-order valence-electron chi connectivity index (χ0n) is 8.04. The molecule has 0 aromatic carbocycles. The van der Waals surface area contributed by atoms with E-state index < -0.39 is 6.10 Å². The van der Waals surface area contributed by atoms with E-state index in [1.165, 1.54) is 6.92 Å². The Kier molecular flexibility index (Phi) is 5.01. The number of nitrogens with one attached hydrogen (secondary N) is 1. The molecule has 1 N–H and O–H groups in total. The van der Waals surface area contributed by atoms with Gasteiger partial charge in [-0.15, -0.1) is 11.6 Å². The lowest BCUT2D eigenvalue weighted by molar-refractivity contribution is -0.135. The maximum atomic E-state index is 10.6. The number of pyridine rings is 1. The Morgan fingerprint density at radius 3 is 2.93 bits per heavy atom. The standard InChI is InChI=1S/C9H10BrClN2O2/c1-6(14)13-15-8(4-11)7-2-3-9(10)12-5-7/h2-3,5,8H,4H2,1H3,(H,13,14). The third-order valence-corrected chi connectivity index (χ3v) is 2.36. The second-order valence-corrected chi connectivity index (χ2v) is 3.95. The minimum absolute atomic E-state index is 0.240. The molecule has 6 heteroatoms. The molecule has 0 radical (unpaired) electrons. The highest BCUT2D eigenvalue weighted by molar-refractivity contribution is 9.10. The van der Waals surface area contributed by atoms with E-state index in [1.807, 2.05) is 6.07 Å². The van der Waals surface area contributed by atoms with E-state index in [-0.39, 0.29) is 11.8 Å². The van der Waals surface area contributed by atoms with E-state index in [2.05, 4.69) is 26.4 Å². The highest BCUT2D eigenvalue weighted by atomic mass is 79.9. The molecule has 0 fully saturated rings. The van der Waals surface area contributed by atoms with Crippen LogP contribution in [0.2, 0.25) is 0 Å². The second kappa shape index (κ2) is 6.05. The Balaban J connectivity index is 2.65. The number of amides is 1. The first-order valence-corrected chi connectivity index (χ1v) is 5.56. The normalized spacial score (nSPS) is 12.2. The Hall–Kier alpha value is -0.650. The first-order valence-electron chi connectivity index (χ1n) is 4.23. The summed E-state index contributed by atoms with van der Waals surface area (Å²) >= 11 is 8.93. The zero-order chi connectivity index (χ0) is 11.3. The molecule has 0 aliphatic rings. The van der Waals surface area contributed by atoms with Crippen LogP contribution < -0.4 is 5.48 Å². The predicted molar refractivity (Wildman–Crippen MR) is 60.3 cm³/mol. The first kappa shape index (κ1) is 12.4. The highest BCUT2D eigenvalue weighted by Crippen LogP contribution is 2.18. The molecule has 1 rings (SSSR count). The van der Waals surface area contributed by atoms with Crippen LogP contribution in [-0.4, -0.2) is 16.8 Å². The van der Waals surface area contributed by atoms with Crippen molar-refractivity contribution in [3.63, 3.8) is 0 Å². The molecule has 0 saturated heterocycles. The van der Waals surface area contributed by atoms with Crippen molar-refractivity contribution < 1.29 is 9.63 Å². The number of alkyl halides is 1. The van der Waals surface area contributed by atoms with Crippen LogP contribution >= 0.6 is 27.5 Å². The van der Waals surface area contributed by atoms with Crippen LogP contribution in [0.3, 0.4) is 0 Å². The van der Waals surface area contributed by atoms with E-state index in [9.17, 15) is 4.79 Å². The summed E-state index contributed by atoms with van der Waals surface area (Å²) < 4.78 is 0.735. The van der Waals surface area contributed by atoms with Gasteiger partial charge in [-0.25, -0.2) is 10.5 Å². The van der Waals surface area contributed by atoms with E-state index >= 15 is 0 Å². The van der Waals surface area contributed by atoms with Crippen molar-refractivity contribution in [1.29, 1.82) is 0 Å². The van der Waals surface area contributed by atoms with Crippen LogP contribution in [0.1, 0.15) is 18.6 Å². The average molecular weight is 294 g/mol. The van der Waals surface area contributed by atoms with Crippen LogP contribution in [0.25, 0.3) is 0 Å². The highest BCUT2D eigenvalue weighted by Gasteiger charge is 2.12. The van der Waals surface area contributed by atoms with Gasteiger partial charge in [-0.2, -0.15) is 0 Å². The quantitative estimate of drug-likeness (QED) is 0.526. The van der Waals surface area contributed by atoms with Crippen LogP contribution in [0.4, 0.5) is 0 Å². The number of hydrogen-bond donors (Lipinski definition) is 1. The molecule has 0 bridgehead atoms. The minimum Gasteiger partial charge on any atom is -0.273 e. The lowest BCUT2D eigenvalue weighted by Gasteiger charge is -2.14. The van der Waals surface area contributed by atoms with Crippen molar-refractivity contribution in [2.45, 2.75) is 13.0 Å². The zero-order valence-corrected chi connectivity index (χ0v) is 10.4. The summed E-state index contributed by atoms with van der Waals surface area (Å²) in [5.74, 6) is -0.0287. The van der Waals surface area contributed by atoms with Gasteiger partial charge in [0.2, 0.25) is 5.91 Å². The smallest absolute Gasteiger partial charge is 0.240 e. The fourth-order valence-electron chi connectivity index (χ4n) is 0.920. The van der Waals surface area contributed by atoms with Gasteiger partial charge in [0.1, 0.15) is 10.7 Å². The van der Waals surface area contributed by atoms with Crippen molar-refractivity contribution in [2.24, 2.45) is 0 Å². The molecular weight excluding hydrogens is 283 g/mol. The lowest BCUT2D eigenvalue weighted by atomic mass is 10.2. The molecule has 1 heterocycles. The van der Waals surface area contributed by atoms with Gasteiger partial charge < -0.3 is 0 Å². The van der Waals surface area contributed by atoms with Crippen LogP contribution in [-0.2, 0) is 9.63 Å². The molecule has 4 nitrogen and oxygen atoms in total. The Bertz CT molecular complexity index is 331. The summed E-state index contributed by atoms with van der Waals surface area (Å²) in [6.07, 6.45) is 1.25. The molecule has 1 aromatic heterocycles. The van der Waals surface area contributed by atoms with Gasteiger partial charge in [0.05, 0.1) is 5.88 Å². The molecule has 15 heavy (non-hydrogen) atoms. The Morgan fingerprint density at radius 1 is 1.73 bits per heavy atom. The van der Waals surface area contributed by atoms with Crippen molar-refractivity contribution >= 4 is 33.4 Å². The molecule has 0 saturated carbocycles. The number of hydroxylamine groups is 1. The third kappa shape index (κ3) is 4.15. The maximum Gasteiger partial charge on any atom is 0.240 e. The van der Waals surface area contributed by atoms with Gasteiger partial charge in [0, 0.05) is 18.7 Å². The van der Waals surface area contributed by atoms with Gasteiger partial charge in [0.15, 0.2) is 0 Å².